The number of hydrogen-bond donors (Lipinski definition) is 2. The number of benzene rings is 1. The molecule has 0 saturated heterocycles. The third-order valence-corrected chi connectivity index (χ3v) is 4.11. The van der Waals surface area contributed by atoms with Gasteiger partial charge in [0.25, 0.3) is 0 Å². The van der Waals surface area contributed by atoms with E-state index >= 15 is 0 Å². The Bertz CT molecular complexity index is 493. The van der Waals surface area contributed by atoms with E-state index in [-0.39, 0.29) is 4.90 Å². The maximum absolute atomic E-state index is 11.2. The van der Waals surface area contributed by atoms with Crippen molar-refractivity contribution in [2.45, 2.75) is 37.2 Å². The molecule has 5 heteroatoms. The molecule has 4 nitrogen and oxygen atoms in total. The molecule has 0 radical (unpaired) electrons. The van der Waals surface area contributed by atoms with E-state index in [1.54, 1.807) is 12.1 Å². The standard InChI is InChI=1S/C12H18N2O2S/c1-9-5-11(6-9)14-8-10-3-2-4-12(7-10)17(13,15)16/h2-4,7,9,11,14H,5-6,8H2,1H3,(H2,13,15,16). The highest BCUT2D eigenvalue weighted by Gasteiger charge is 2.24. The average Bonchev–Trinajstić information content (AvgIpc) is 2.22. The molecule has 0 spiro atoms. The third-order valence-electron chi connectivity index (χ3n) is 3.20. The molecule has 0 unspecified atom stereocenters. The van der Waals surface area contributed by atoms with Gasteiger partial charge >= 0.3 is 0 Å². The maximum Gasteiger partial charge on any atom is 0.238 e. The number of nitrogens with two attached hydrogens (primary N) is 1. The van der Waals surface area contributed by atoms with Gasteiger partial charge in [-0.3, -0.25) is 0 Å². The van der Waals surface area contributed by atoms with Crippen LogP contribution in [0.15, 0.2) is 29.2 Å². The second kappa shape index (κ2) is 4.76. The van der Waals surface area contributed by atoms with Gasteiger partial charge in [-0.1, -0.05) is 19.1 Å². The summed E-state index contributed by atoms with van der Waals surface area (Å²) in [6.45, 7) is 2.93. The Morgan fingerprint density at radius 2 is 2.12 bits per heavy atom. The van der Waals surface area contributed by atoms with Crippen LogP contribution in [0.25, 0.3) is 0 Å². The zero-order valence-electron chi connectivity index (χ0n) is 9.89. The molecule has 2 rings (SSSR count). The predicted molar refractivity (Wildman–Crippen MR) is 66.8 cm³/mol. The number of nitrogens with one attached hydrogen (secondary N) is 1. The minimum absolute atomic E-state index is 0.179. The lowest BCUT2D eigenvalue weighted by molar-refractivity contribution is 0.240. The van der Waals surface area contributed by atoms with Crippen LogP contribution in [-0.2, 0) is 16.6 Å². The summed E-state index contributed by atoms with van der Waals surface area (Å²) in [7, 11) is -3.59. The quantitative estimate of drug-likeness (QED) is 0.848. The first-order valence-electron chi connectivity index (χ1n) is 5.80. The molecule has 94 valence electrons. The Labute approximate surface area is 102 Å². The normalized spacial score (nSPS) is 24.4. The summed E-state index contributed by atoms with van der Waals surface area (Å²) in [5, 5.41) is 8.50. The minimum Gasteiger partial charge on any atom is -0.310 e. The molecule has 1 aromatic carbocycles. The van der Waals surface area contributed by atoms with Crippen molar-refractivity contribution < 1.29 is 8.42 Å². The SMILES string of the molecule is CC1CC(NCc2cccc(S(N)(=O)=O)c2)C1. The zero-order chi connectivity index (χ0) is 12.5. The van der Waals surface area contributed by atoms with Crippen LogP contribution in [0.2, 0.25) is 0 Å². The van der Waals surface area contributed by atoms with Crippen LogP contribution in [0.5, 0.6) is 0 Å². The fourth-order valence-electron chi connectivity index (χ4n) is 2.16. The molecule has 1 saturated carbocycles. The van der Waals surface area contributed by atoms with Crippen molar-refractivity contribution in [3.63, 3.8) is 0 Å². The van der Waals surface area contributed by atoms with Gasteiger partial charge < -0.3 is 5.32 Å². The van der Waals surface area contributed by atoms with Crippen LogP contribution in [0.3, 0.4) is 0 Å². The van der Waals surface area contributed by atoms with E-state index in [2.05, 4.69) is 12.2 Å². The Kier molecular flexibility index (Phi) is 3.51. The Balaban J connectivity index is 1.97. The van der Waals surface area contributed by atoms with Crippen molar-refractivity contribution >= 4 is 10.0 Å². The summed E-state index contributed by atoms with van der Waals surface area (Å²) in [6, 6.07) is 7.35. The van der Waals surface area contributed by atoms with Crippen LogP contribution in [0.1, 0.15) is 25.3 Å². The van der Waals surface area contributed by atoms with Crippen molar-refractivity contribution in [1.29, 1.82) is 0 Å². The van der Waals surface area contributed by atoms with Gasteiger partial charge in [-0.2, -0.15) is 0 Å². The van der Waals surface area contributed by atoms with Gasteiger partial charge in [0.1, 0.15) is 0 Å². The Hall–Kier alpha value is -0.910. The van der Waals surface area contributed by atoms with Gasteiger partial charge in [0.05, 0.1) is 4.90 Å². The molecule has 1 aliphatic rings. The molecule has 17 heavy (non-hydrogen) atoms. The average molecular weight is 254 g/mol. The van der Waals surface area contributed by atoms with Gasteiger partial charge in [0.2, 0.25) is 10.0 Å². The summed E-state index contributed by atoms with van der Waals surface area (Å²) < 4.78 is 22.4. The van der Waals surface area contributed by atoms with Crippen molar-refractivity contribution in [1.82, 2.24) is 5.32 Å². The van der Waals surface area contributed by atoms with Crippen molar-refractivity contribution in [2.75, 3.05) is 0 Å². The first-order valence-corrected chi connectivity index (χ1v) is 7.35. The van der Waals surface area contributed by atoms with E-state index in [0.717, 1.165) is 11.5 Å². The summed E-state index contributed by atoms with van der Waals surface area (Å²) in [5.74, 6) is 0.809. The molecule has 3 N–H and O–H groups in total. The molecule has 1 aliphatic carbocycles. The van der Waals surface area contributed by atoms with Gasteiger partial charge in [0, 0.05) is 12.6 Å². The molecular formula is C12H18N2O2S. The largest absolute Gasteiger partial charge is 0.310 e. The second-order valence-electron chi connectivity index (χ2n) is 4.85. The lowest BCUT2D eigenvalue weighted by atomic mass is 9.82. The van der Waals surface area contributed by atoms with Crippen LogP contribution in [0, 0.1) is 5.92 Å². The highest BCUT2D eigenvalue weighted by molar-refractivity contribution is 7.89. The first-order chi connectivity index (χ1) is 7.95. The summed E-state index contributed by atoms with van der Waals surface area (Å²) >= 11 is 0. The van der Waals surface area contributed by atoms with E-state index in [4.69, 9.17) is 5.14 Å². The van der Waals surface area contributed by atoms with Crippen LogP contribution >= 0.6 is 0 Å². The summed E-state index contributed by atoms with van der Waals surface area (Å²) in [6.07, 6.45) is 2.41. The van der Waals surface area contributed by atoms with Crippen molar-refractivity contribution in [3.05, 3.63) is 29.8 Å². The smallest absolute Gasteiger partial charge is 0.238 e. The number of primary sulfonamides is 1. The highest BCUT2D eigenvalue weighted by atomic mass is 32.2. The molecule has 0 heterocycles. The zero-order valence-corrected chi connectivity index (χ0v) is 10.7. The number of rotatable bonds is 4. The molecule has 0 aromatic heterocycles. The summed E-state index contributed by atoms with van der Waals surface area (Å²) in [5.41, 5.74) is 0.955. The van der Waals surface area contributed by atoms with E-state index in [1.165, 1.54) is 18.9 Å². The second-order valence-corrected chi connectivity index (χ2v) is 6.41. The molecule has 0 bridgehead atoms. The lowest BCUT2D eigenvalue weighted by Gasteiger charge is -2.33. The van der Waals surface area contributed by atoms with Gasteiger partial charge in [-0.15, -0.1) is 0 Å². The highest BCUT2D eigenvalue weighted by Crippen LogP contribution is 2.26. The minimum atomic E-state index is -3.59. The Morgan fingerprint density at radius 1 is 1.41 bits per heavy atom. The number of sulfonamides is 1. The molecule has 0 amide bonds. The fourth-order valence-corrected chi connectivity index (χ4v) is 2.75. The maximum atomic E-state index is 11.2. The van der Waals surface area contributed by atoms with E-state index in [0.29, 0.717) is 12.6 Å². The van der Waals surface area contributed by atoms with Gasteiger partial charge in [0.15, 0.2) is 0 Å². The van der Waals surface area contributed by atoms with Crippen LogP contribution in [-0.4, -0.2) is 14.5 Å². The third kappa shape index (κ3) is 3.28. The summed E-state index contributed by atoms with van der Waals surface area (Å²) in [4.78, 5) is 0.179. The monoisotopic (exact) mass is 254 g/mol. The Morgan fingerprint density at radius 3 is 2.71 bits per heavy atom. The van der Waals surface area contributed by atoms with Crippen LogP contribution in [0.4, 0.5) is 0 Å². The first kappa shape index (κ1) is 12.5. The lowest BCUT2D eigenvalue weighted by Crippen LogP contribution is -2.39. The van der Waals surface area contributed by atoms with Crippen LogP contribution < -0.4 is 10.5 Å². The fraction of sp³-hybridized carbons (Fsp3) is 0.500. The molecular weight excluding hydrogens is 236 g/mol. The van der Waals surface area contributed by atoms with E-state index < -0.39 is 10.0 Å². The van der Waals surface area contributed by atoms with Gasteiger partial charge in [-0.25, -0.2) is 13.6 Å². The topological polar surface area (TPSA) is 72.2 Å². The molecule has 1 aromatic rings. The van der Waals surface area contributed by atoms with E-state index in [1.807, 2.05) is 6.07 Å². The molecule has 0 atom stereocenters. The van der Waals surface area contributed by atoms with Crippen molar-refractivity contribution in [2.24, 2.45) is 11.1 Å². The molecule has 0 aliphatic heterocycles. The van der Waals surface area contributed by atoms with E-state index in [9.17, 15) is 8.42 Å². The number of hydrogen-bond acceptors (Lipinski definition) is 3. The molecule has 1 fully saturated rings. The van der Waals surface area contributed by atoms with Crippen molar-refractivity contribution in [3.8, 4) is 0 Å². The van der Waals surface area contributed by atoms with Gasteiger partial charge in [-0.05, 0) is 36.5 Å². The predicted octanol–water partition coefficient (Wildman–Crippen LogP) is 1.22.